The minimum absolute atomic E-state index is 0.287. The largest absolute Gasteiger partial charge is 0.493 e. The van der Waals surface area contributed by atoms with Gasteiger partial charge in [0.05, 0.1) is 33.8 Å². The van der Waals surface area contributed by atoms with Crippen molar-refractivity contribution >= 4 is 38.2 Å². The van der Waals surface area contributed by atoms with Gasteiger partial charge < -0.3 is 13.9 Å². The van der Waals surface area contributed by atoms with Crippen LogP contribution in [0.4, 0.5) is 0 Å². The topological polar surface area (TPSA) is 61.6 Å². The molecule has 0 aliphatic rings. The zero-order valence-electron chi connectivity index (χ0n) is 11.2. The van der Waals surface area contributed by atoms with Crippen LogP contribution in [-0.4, -0.2) is 19.2 Å². The Kier molecular flexibility index (Phi) is 3.69. The summed E-state index contributed by atoms with van der Waals surface area (Å²) in [6.45, 7) is 0. The summed E-state index contributed by atoms with van der Waals surface area (Å²) in [5, 5.41) is 0.354. The maximum Gasteiger partial charge on any atom is 0.347 e. The van der Waals surface area contributed by atoms with E-state index in [9.17, 15) is 4.79 Å². The summed E-state index contributed by atoms with van der Waals surface area (Å²) in [5.41, 5.74) is 0.0453. The molecule has 0 saturated carbocycles. The normalized spacial score (nSPS) is 10.8. The first-order valence-corrected chi connectivity index (χ1v) is 7.56. The Morgan fingerprint density at radius 1 is 1.19 bits per heavy atom. The molecule has 0 atom stereocenters. The van der Waals surface area contributed by atoms with Crippen LogP contribution in [0.3, 0.4) is 0 Å². The van der Waals surface area contributed by atoms with E-state index in [1.54, 1.807) is 12.1 Å². The van der Waals surface area contributed by atoms with Crippen molar-refractivity contribution in [3.63, 3.8) is 0 Å². The SMILES string of the molecule is COc1cc2nc(-c3ccc(Br)s3)oc(=O)c2cc1OC. The van der Waals surface area contributed by atoms with E-state index in [4.69, 9.17) is 13.9 Å². The van der Waals surface area contributed by atoms with Gasteiger partial charge in [-0.1, -0.05) is 0 Å². The number of thiophene rings is 1. The lowest BCUT2D eigenvalue weighted by molar-refractivity contribution is 0.355. The predicted molar refractivity (Wildman–Crippen MR) is 84.4 cm³/mol. The smallest absolute Gasteiger partial charge is 0.347 e. The van der Waals surface area contributed by atoms with Gasteiger partial charge in [-0.05, 0) is 28.1 Å². The van der Waals surface area contributed by atoms with Gasteiger partial charge in [-0.15, -0.1) is 11.3 Å². The third-order valence-corrected chi connectivity index (χ3v) is 4.53. The van der Waals surface area contributed by atoms with Gasteiger partial charge in [0.1, 0.15) is 0 Å². The van der Waals surface area contributed by atoms with Crippen molar-refractivity contribution in [2.75, 3.05) is 14.2 Å². The number of hydrogen-bond donors (Lipinski definition) is 0. The van der Waals surface area contributed by atoms with Gasteiger partial charge in [-0.3, -0.25) is 0 Å². The molecule has 108 valence electrons. The average Bonchev–Trinajstić information content (AvgIpc) is 2.92. The number of fused-ring (bicyclic) bond motifs is 1. The molecule has 3 aromatic rings. The zero-order valence-corrected chi connectivity index (χ0v) is 13.6. The maximum absolute atomic E-state index is 12.1. The molecule has 0 fully saturated rings. The molecule has 0 unspecified atom stereocenters. The Hall–Kier alpha value is -1.86. The van der Waals surface area contributed by atoms with Gasteiger partial charge in [-0.2, -0.15) is 0 Å². The summed E-state index contributed by atoms with van der Waals surface area (Å²) < 4.78 is 16.6. The Balaban J connectivity index is 2.26. The Morgan fingerprint density at radius 3 is 2.52 bits per heavy atom. The Bertz CT molecular complexity index is 871. The number of ether oxygens (including phenoxy) is 2. The minimum atomic E-state index is -0.458. The van der Waals surface area contributed by atoms with Crippen molar-refractivity contribution in [3.8, 4) is 22.3 Å². The Labute approximate surface area is 132 Å². The summed E-state index contributed by atoms with van der Waals surface area (Å²) in [7, 11) is 3.04. The highest BCUT2D eigenvalue weighted by Gasteiger charge is 2.14. The number of rotatable bonds is 3. The highest BCUT2D eigenvalue weighted by Crippen LogP contribution is 2.33. The third-order valence-electron chi connectivity index (χ3n) is 2.92. The van der Waals surface area contributed by atoms with Crippen molar-refractivity contribution in [1.82, 2.24) is 4.98 Å². The summed E-state index contributed by atoms with van der Waals surface area (Å²) >= 11 is 4.82. The molecule has 0 aliphatic carbocycles. The van der Waals surface area contributed by atoms with Gasteiger partial charge >= 0.3 is 5.63 Å². The fourth-order valence-electron chi connectivity index (χ4n) is 1.93. The van der Waals surface area contributed by atoms with Crippen LogP contribution in [0.5, 0.6) is 11.5 Å². The number of halogens is 1. The molecule has 0 spiro atoms. The van der Waals surface area contributed by atoms with Crippen LogP contribution in [-0.2, 0) is 0 Å². The molecule has 0 N–H and O–H groups in total. The van der Waals surface area contributed by atoms with Crippen LogP contribution in [0.25, 0.3) is 21.7 Å². The molecular weight excluding hydrogens is 358 g/mol. The number of benzene rings is 1. The molecule has 0 saturated heterocycles. The first kappa shape index (κ1) is 14.1. The van der Waals surface area contributed by atoms with E-state index in [2.05, 4.69) is 20.9 Å². The second-order valence-corrected chi connectivity index (χ2v) is 6.60. The zero-order chi connectivity index (χ0) is 15.0. The van der Waals surface area contributed by atoms with E-state index in [-0.39, 0.29) is 5.89 Å². The first-order valence-electron chi connectivity index (χ1n) is 5.95. The van der Waals surface area contributed by atoms with Crippen molar-refractivity contribution in [1.29, 1.82) is 0 Å². The standard InChI is InChI=1S/C14H10BrNO4S/c1-18-9-5-7-8(6-10(9)19-2)16-13(20-14(7)17)11-3-4-12(15)21-11/h3-6H,1-2H3. The van der Waals surface area contributed by atoms with Crippen molar-refractivity contribution in [2.24, 2.45) is 0 Å². The summed E-state index contributed by atoms with van der Waals surface area (Å²) in [5.74, 6) is 1.27. The monoisotopic (exact) mass is 367 g/mol. The van der Waals surface area contributed by atoms with Gasteiger partial charge in [0, 0.05) is 12.1 Å². The van der Waals surface area contributed by atoms with Crippen LogP contribution in [0, 0.1) is 0 Å². The Morgan fingerprint density at radius 2 is 1.90 bits per heavy atom. The van der Waals surface area contributed by atoms with Gasteiger partial charge in [-0.25, -0.2) is 9.78 Å². The molecule has 3 rings (SSSR count). The fraction of sp³-hybridized carbons (Fsp3) is 0.143. The van der Waals surface area contributed by atoms with E-state index < -0.39 is 5.63 Å². The quantitative estimate of drug-likeness (QED) is 0.706. The van der Waals surface area contributed by atoms with E-state index >= 15 is 0 Å². The van der Waals surface area contributed by atoms with Crippen molar-refractivity contribution < 1.29 is 13.9 Å². The first-order chi connectivity index (χ1) is 10.1. The summed E-state index contributed by atoms with van der Waals surface area (Å²) in [6, 6.07) is 6.95. The molecule has 1 aromatic carbocycles. The van der Waals surface area contributed by atoms with Gasteiger partial charge in [0.15, 0.2) is 11.5 Å². The van der Waals surface area contributed by atoms with Crippen LogP contribution in [0.1, 0.15) is 0 Å². The van der Waals surface area contributed by atoms with Crippen LogP contribution in [0.2, 0.25) is 0 Å². The lowest BCUT2D eigenvalue weighted by Crippen LogP contribution is -2.03. The number of hydrogen-bond acceptors (Lipinski definition) is 6. The molecule has 21 heavy (non-hydrogen) atoms. The lowest BCUT2D eigenvalue weighted by atomic mass is 10.2. The van der Waals surface area contributed by atoms with Crippen molar-refractivity contribution in [2.45, 2.75) is 0 Å². The van der Waals surface area contributed by atoms with Crippen LogP contribution >= 0.6 is 27.3 Å². The lowest BCUT2D eigenvalue weighted by Gasteiger charge is -2.08. The molecule has 0 aliphatic heterocycles. The van der Waals surface area contributed by atoms with E-state index in [0.29, 0.717) is 22.4 Å². The summed E-state index contributed by atoms with van der Waals surface area (Å²) in [4.78, 5) is 17.3. The minimum Gasteiger partial charge on any atom is -0.493 e. The number of aromatic nitrogens is 1. The van der Waals surface area contributed by atoms with E-state index in [0.717, 1.165) is 8.66 Å². The van der Waals surface area contributed by atoms with Crippen molar-refractivity contribution in [3.05, 3.63) is 38.5 Å². The number of nitrogens with zero attached hydrogens (tertiary/aromatic N) is 1. The molecule has 7 heteroatoms. The van der Waals surface area contributed by atoms with Gasteiger partial charge in [0.25, 0.3) is 0 Å². The molecule has 0 radical (unpaired) electrons. The molecule has 0 amide bonds. The predicted octanol–water partition coefficient (Wildman–Crippen LogP) is 3.70. The highest BCUT2D eigenvalue weighted by molar-refractivity contribution is 9.11. The highest BCUT2D eigenvalue weighted by atomic mass is 79.9. The second kappa shape index (κ2) is 5.50. The van der Waals surface area contributed by atoms with Gasteiger partial charge in [0.2, 0.25) is 5.89 Å². The molecule has 2 heterocycles. The summed E-state index contributed by atoms with van der Waals surface area (Å²) in [6.07, 6.45) is 0. The molecule has 5 nitrogen and oxygen atoms in total. The number of methoxy groups -OCH3 is 2. The third kappa shape index (κ3) is 2.54. The van der Waals surface area contributed by atoms with E-state index in [1.165, 1.54) is 25.6 Å². The maximum atomic E-state index is 12.1. The fourth-order valence-corrected chi connectivity index (χ4v) is 3.25. The second-order valence-electron chi connectivity index (χ2n) is 4.13. The van der Waals surface area contributed by atoms with E-state index in [1.807, 2.05) is 12.1 Å². The molecule has 2 aromatic heterocycles. The van der Waals surface area contributed by atoms with Crippen LogP contribution < -0.4 is 15.1 Å². The average molecular weight is 368 g/mol. The molecular formula is C14H10BrNO4S. The molecule has 0 bridgehead atoms. The van der Waals surface area contributed by atoms with Crippen LogP contribution in [0.15, 0.2) is 37.3 Å².